The lowest BCUT2D eigenvalue weighted by Gasteiger charge is -2.21. The number of anilines is 1. The van der Waals surface area contributed by atoms with E-state index in [9.17, 15) is 4.79 Å². The van der Waals surface area contributed by atoms with E-state index in [1.165, 1.54) is 0 Å². The highest BCUT2D eigenvalue weighted by Crippen LogP contribution is 2.13. The number of rotatable bonds is 4. The average molecular weight is 301 g/mol. The Kier molecular flexibility index (Phi) is 4.86. The summed E-state index contributed by atoms with van der Waals surface area (Å²) in [6.45, 7) is 6.26. The quantitative estimate of drug-likeness (QED) is 0.862. The Morgan fingerprint density at radius 2 is 2.24 bits per heavy atom. The number of halogens is 1. The molecular weight excluding hydrogens is 284 g/mol. The van der Waals surface area contributed by atoms with Crippen molar-refractivity contribution >= 4 is 27.7 Å². The zero-order valence-corrected chi connectivity index (χ0v) is 12.1. The molecule has 5 nitrogen and oxygen atoms in total. The fraction of sp³-hybridized carbons (Fsp3) is 0.545. The van der Waals surface area contributed by atoms with E-state index in [2.05, 4.69) is 31.2 Å². The Balaban J connectivity index is 2.74. The van der Waals surface area contributed by atoms with Crippen LogP contribution in [0.25, 0.3) is 0 Å². The molecular formula is C11H17BrN4O. The van der Waals surface area contributed by atoms with Gasteiger partial charge in [-0.1, -0.05) is 0 Å². The second-order valence-corrected chi connectivity index (χ2v) is 4.65. The molecule has 1 aromatic rings. The molecule has 1 N–H and O–H groups in total. The summed E-state index contributed by atoms with van der Waals surface area (Å²) in [4.78, 5) is 21.9. The SMILES string of the molecule is CCN(C)C(=O)C(C)Nc1cc(Br)nc(C)n1. The van der Waals surface area contributed by atoms with Crippen LogP contribution in [0.2, 0.25) is 0 Å². The largest absolute Gasteiger partial charge is 0.358 e. The molecule has 1 amide bonds. The van der Waals surface area contributed by atoms with Gasteiger partial charge >= 0.3 is 0 Å². The van der Waals surface area contributed by atoms with Crippen molar-refractivity contribution in [2.24, 2.45) is 0 Å². The van der Waals surface area contributed by atoms with E-state index in [0.717, 1.165) is 0 Å². The molecule has 1 atom stereocenters. The molecule has 6 heteroatoms. The van der Waals surface area contributed by atoms with Crippen LogP contribution >= 0.6 is 15.9 Å². The van der Waals surface area contributed by atoms with Crippen molar-refractivity contribution in [1.82, 2.24) is 14.9 Å². The summed E-state index contributed by atoms with van der Waals surface area (Å²) in [7, 11) is 1.78. The molecule has 0 saturated carbocycles. The van der Waals surface area contributed by atoms with Gasteiger partial charge in [-0.05, 0) is 36.7 Å². The Hall–Kier alpha value is -1.17. The second-order valence-electron chi connectivity index (χ2n) is 3.84. The first-order valence-electron chi connectivity index (χ1n) is 5.46. The monoisotopic (exact) mass is 300 g/mol. The maximum atomic E-state index is 11.9. The van der Waals surface area contributed by atoms with Crippen molar-refractivity contribution in [2.75, 3.05) is 18.9 Å². The standard InChI is InChI=1S/C11H17BrN4O/c1-5-16(4)11(17)7(2)13-10-6-9(12)14-8(3)15-10/h6-7H,5H2,1-4H3,(H,13,14,15). The molecule has 0 aliphatic carbocycles. The number of hydrogen-bond acceptors (Lipinski definition) is 4. The van der Waals surface area contributed by atoms with E-state index in [1.807, 2.05) is 13.8 Å². The molecule has 0 radical (unpaired) electrons. The van der Waals surface area contributed by atoms with E-state index >= 15 is 0 Å². The number of aromatic nitrogens is 2. The van der Waals surface area contributed by atoms with Gasteiger partial charge in [0, 0.05) is 19.7 Å². The first kappa shape index (κ1) is 13.9. The lowest BCUT2D eigenvalue weighted by molar-refractivity contribution is -0.130. The zero-order chi connectivity index (χ0) is 13.0. The number of carbonyl (C=O) groups is 1. The zero-order valence-electron chi connectivity index (χ0n) is 10.5. The van der Waals surface area contributed by atoms with Crippen LogP contribution in [-0.4, -0.2) is 40.4 Å². The van der Waals surface area contributed by atoms with Crippen molar-refractivity contribution < 1.29 is 4.79 Å². The highest BCUT2D eigenvalue weighted by molar-refractivity contribution is 9.10. The van der Waals surface area contributed by atoms with Gasteiger partial charge in [0.05, 0.1) is 0 Å². The van der Waals surface area contributed by atoms with Gasteiger partial charge in [0.1, 0.15) is 22.3 Å². The van der Waals surface area contributed by atoms with Gasteiger partial charge in [-0.25, -0.2) is 9.97 Å². The summed E-state index contributed by atoms with van der Waals surface area (Å²) in [5.41, 5.74) is 0. The lowest BCUT2D eigenvalue weighted by atomic mass is 10.3. The van der Waals surface area contributed by atoms with E-state index in [0.29, 0.717) is 22.8 Å². The summed E-state index contributed by atoms with van der Waals surface area (Å²) in [6, 6.07) is 1.45. The van der Waals surface area contributed by atoms with Gasteiger partial charge in [0.25, 0.3) is 0 Å². The van der Waals surface area contributed by atoms with Crippen molar-refractivity contribution in [1.29, 1.82) is 0 Å². The molecule has 0 fully saturated rings. The Morgan fingerprint density at radius 1 is 1.59 bits per heavy atom. The molecule has 0 aliphatic rings. The third-order valence-electron chi connectivity index (χ3n) is 2.39. The molecule has 0 aromatic carbocycles. The molecule has 94 valence electrons. The molecule has 0 spiro atoms. The molecule has 17 heavy (non-hydrogen) atoms. The van der Waals surface area contributed by atoms with Crippen molar-refractivity contribution in [3.63, 3.8) is 0 Å². The fourth-order valence-corrected chi connectivity index (χ4v) is 1.85. The molecule has 0 aliphatic heterocycles. The number of aryl methyl sites for hydroxylation is 1. The predicted octanol–water partition coefficient (Wildman–Crippen LogP) is 1.83. The Bertz CT molecular complexity index is 390. The van der Waals surface area contributed by atoms with Crippen LogP contribution in [0.15, 0.2) is 10.7 Å². The number of nitrogens with zero attached hydrogens (tertiary/aromatic N) is 3. The highest BCUT2D eigenvalue weighted by Gasteiger charge is 2.16. The first-order valence-corrected chi connectivity index (χ1v) is 6.26. The summed E-state index contributed by atoms with van der Waals surface area (Å²) in [5, 5.41) is 3.07. The molecule has 0 bridgehead atoms. The summed E-state index contributed by atoms with van der Waals surface area (Å²) in [6.07, 6.45) is 0. The number of nitrogens with one attached hydrogen (secondary N) is 1. The van der Waals surface area contributed by atoms with Crippen LogP contribution in [0, 0.1) is 6.92 Å². The lowest BCUT2D eigenvalue weighted by Crippen LogP contribution is -2.39. The average Bonchev–Trinajstić information content (AvgIpc) is 2.25. The minimum absolute atomic E-state index is 0.0416. The third-order valence-corrected chi connectivity index (χ3v) is 2.80. The third kappa shape index (κ3) is 3.96. The number of likely N-dealkylation sites (N-methyl/N-ethyl adjacent to an activating group) is 1. The summed E-state index contributed by atoms with van der Waals surface area (Å²) in [5.74, 6) is 1.35. The molecule has 1 heterocycles. The molecule has 1 unspecified atom stereocenters. The first-order chi connectivity index (χ1) is 7.93. The Morgan fingerprint density at radius 3 is 2.76 bits per heavy atom. The van der Waals surface area contributed by atoms with Gasteiger partial charge in [0.2, 0.25) is 5.91 Å². The minimum atomic E-state index is -0.304. The predicted molar refractivity (Wildman–Crippen MR) is 70.9 cm³/mol. The highest BCUT2D eigenvalue weighted by atomic mass is 79.9. The van der Waals surface area contributed by atoms with E-state index in [-0.39, 0.29) is 11.9 Å². The van der Waals surface area contributed by atoms with E-state index < -0.39 is 0 Å². The number of hydrogen-bond donors (Lipinski definition) is 1. The smallest absolute Gasteiger partial charge is 0.244 e. The second kappa shape index (κ2) is 5.95. The van der Waals surface area contributed by atoms with E-state index in [4.69, 9.17) is 0 Å². The van der Waals surface area contributed by atoms with Crippen LogP contribution < -0.4 is 5.32 Å². The van der Waals surface area contributed by atoms with Gasteiger partial charge in [-0.15, -0.1) is 0 Å². The van der Waals surface area contributed by atoms with Crippen LogP contribution in [0.5, 0.6) is 0 Å². The topological polar surface area (TPSA) is 58.1 Å². The van der Waals surface area contributed by atoms with Gasteiger partial charge in [-0.2, -0.15) is 0 Å². The fourth-order valence-electron chi connectivity index (χ4n) is 1.38. The Labute approximate surface area is 110 Å². The van der Waals surface area contributed by atoms with Gasteiger partial charge in [0.15, 0.2) is 0 Å². The number of amides is 1. The molecule has 1 aromatic heterocycles. The van der Waals surface area contributed by atoms with E-state index in [1.54, 1.807) is 24.9 Å². The minimum Gasteiger partial charge on any atom is -0.358 e. The van der Waals surface area contributed by atoms with Crippen molar-refractivity contribution in [3.8, 4) is 0 Å². The summed E-state index contributed by atoms with van der Waals surface area (Å²) >= 11 is 3.30. The molecule has 0 saturated heterocycles. The maximum absolute atomic E-state index is 11.9. The normalized spacial score (nSPS) is 12.1. The maximum Gasteiger partial charge on any atom is 0.244 e. The van der Waals surface area contributed by atoms with Gasteiger partial charge in [-0.3, -0.25) is 4.79 Å². The van der Waals surface area contributed by atoms with Crippen LogP contribution in [-0.2, 0) is 4.79 Å². The molecule has 1 rings (SSSR count). The van der Waals surface area contributed by atoms with Crippen LogP contribution in [0.1, 0.15) is 19.7 Å². The van der Waals surface area contributed by atoms with Crippen molar-refractivity contribution in [3.05, 3.63) is 16.5 Å². The van der Waals surface area contributed by atoms with Gasteiger partial charge < -0.3 is 10.2 Å². The summed E-state index contributed by atoms with van der Waals surface area (Å²) < 4.78 is 0.705. The number of carbonyl (C=O) groups excluding carboxylic acids is 1. The van der Waals surface area contributed by atoms with Crippen LogP contribution in [0.4, 0.5) is 5.82 Å². The van der Waals surface area contributed by atoms with Crippen LogP contribution in [0.3, 0.4) is 0 Å². The van der Waals surface area contributed by atoms with Crippen molar-refractivity contribution in [2.45, 2.75) is 26.8 Å².